The summed E-state index contributed by atoms with van der Waals surface area (Å²) in [7, 11) is 0. The van der Waals surface area contributed by atoms with Crippen LogP contribution in [0.4, 0.5) is 5.69 Å². The lowest BCUT2D eigenvalue weighted by Gasteiger charge is -2.15. The lowest BCUT2D eigenvalue weighted by molar-refractivity contribution is 0.471. The van der Waals surface area contributed by atoms with Gasteiger partial charge in [-0.15, -0.1) is 0 Å². The zero-order valence-electron chi connectivity index (χ0n) is 11.4. The highest BCUT2D eigenvalue weighted by atomic mass is 14.8. The van der Waals surface area contributed by atoms with Crippen LogP contribution in [-0.4, -0.2) is 4.98 Å². The van der Waals surface area contributed by atoms with Gasteiger partial charge in [-0.25, -0.2) is 0 Å². The first kappa shape index (κ1) is 10.8. The van der Waals surface area contributed by atoms with Gasteiger partial charge >= 0.3 is 0 Å². The number of nitrogens with two attached hydrogens (primary N) is 1. The van der Waals surface area contributed by atoms with Gasteiger partial charge in [0.1, 0.15) is 0 Å². The van der Waals surface area contributed by atoms with Gasteiger partial charge in [-0.05, 0) is 61.5 Å². The van der Waals surface area contributed by atoms with Crippen LogP contribution < -0.4 is 5.73 Å². The molecule has 0 amide bonds. The molecule has 2 nitrogen and oxygen atoms in total. The molecular weight excluding hydrogens is 220 g/mol. The van der Waals surface area contributed by atoms with Crippen LogP contribution in [0.5, 0.6) is 0 Å². The molecule has 1 aromatic heterocycles. The first-order valence-electron chi connectivity index (χ1n) is 7.44. The van der Waals surface area contributed by atoms with Crippen molar-refractivity contribution in [3.8, 4) is 0 Å². The molecule has 1 saturated carbocycles. The number of nitrogen functional groups attached to an aromatic ring is 1. The van der Waals surface area contributed by atoms with Gasteiger partial charge in [0.2, 0.25) is 0 Å². The Morgan fingerprint density at radius 3 is 2.78 bits per heavy atom. The Hall–Kier alpha value is -1.05. The van der Waals surface area contributed by atoms with Gasteiger partial charge in [0.05, 0.1) is 5.69 Å². The lowest BCUT2D eigenvalue weighted by atomic mass is 9.94. The van der Waals surface area contributed by atoms with E-state index in [-0.39, 0.29) is 0 Å². The first-order chi connectivity index (χ1) is 8.63. The summed E-state index contributed by atoms with van der Waals surface area (Å²) in [6.45, 7) is 4.71. The summed E-state index contributed by atoms with van der Waals surface area (Å²) in [5, 5.41) is 0. The van der Waals surface area contributed by atoms with E-state index in [1.165, 1.54) is 48.2 Å². The average Bonchev–Trinajstić information content (AvgIpc) is 2.70. The summed E-state index contributed by atoms with van der Waals surface area (Å²) in [5.41, 5.74) is 13.5. The molecule has 0 bridgehead atoms. The zero-order chi connectivity index (χ0) is 12.5. The number of aromatic nitrogens is 1. The van der Waals surface area contributed by atoms with E-state index in [1.807, 2.05) is 0 Å². The van der Waals surface area contributed by atoms with Gasteiger partial charge in [-0.1, -0.05) is 13.8 Å². The van der Waals surface area contributed by atoms with Gasteiger partial charge in [-0.2, -0.15) is 0 Å². The summed E-state index contributed by atoms with van der Waals surface area (Å²) >= 11 is 0. The van der Waals surface area contributed by atoms with Crippen LogP contribution in [0.1, 0.15) is 55.6 Å². The maximum atomic E-state index is 6.42. The molecule has 18 heavy (non-hydrogen) atoms. The standard InChI is InChI=1S/C16H22N2/c1-9(2)12-8-16(12)7-6-11-14(17)10-4-3-5-13(10)18-15(11)16/h9,12H,3-8H2,1-2H3,(H2,17,18). The maximum Gasteiger partial charge on any atom is 0.0524 e. The molecule has 0 aliphatic heterocycles. The number of hydrogen-bond acceptors (Lipinski definition) is 2. The third-order valence-electron chi connectivity index (χ3n) is 5.60. The van der Waals surface area contributed by atoms with Gasteiger partial charge in [0.25, 0.3) is 0 Å². The minimum atomic E-state index is 0.426. The molecule has 3 aliphatic rings. The van der Waals surface area contributed by atoms with E-state index in [0.29, 0.717) is 5.41 Å². The lowest BCUT2D eigenvalue weighted by Crippen LogP contribution is -2.13. The Labute approximate surface area is 109 Å². The second-order valence-corrected chi connectivity index (χ2v) is 6.84. The predicted molar refractivity (Wildman–Crippen MR) is 73.6 cm³/mol. The van der Waals surface area contributed by atoms with Crippen LogP contribution in [0.15, 0.2) is 0 Å². The molecule has 2 unspecified atom stereocenters. The fourth-order valence-electron chi connectivity index (χ4n) is 4.55. The number of pyridine rings is 1. The van der Waals surface area contributed by atoms with Crippen molar-refractivity contribution in [3.63, 3.8) is 0 Å². The molecule has 1 fully saturated rings. The van der Waals surface area contributed by atoms with Gasteiger partial charge in [-0.3, -0.25) is 4.98 Å². The average molecular weight is 242 g/mol. The van der Waals surface area contributed by atoms with Crippen molar-refractivity contribution >= 4 is 5.69 Å². The minimum absolute atomic E-state index is 0.426. The number of aryl methyl sites for hydroxylation is 1. The Morgan fingerprint density at radius 1 is 1.22 bits per heavy atom. The zero-order valence-corrected chi connectivity index (χ0v) is 11.4. The van der Waals surface area contributed by atoms with Crippen molar-refractivity contribution < 1.29 is 0 Å². The van der Waals surface area contributed by atoms with E-state index in [4.69, 9.17) is 10.7 Å². The molecular formula is C16H22N2. The largest absolute Gasteiger partial charge is 0.398 e. The number of anilines is 1. The molecule has 2 heteroatoms. The second-order valence-electron chi connectivity index (χ2n) is 6.84. The summed E-state index contributed by atoms with van der Waals surface area (Å²) in [5.74, 6) is 1.64. The fourth-order valence-corrected chi connectivity index (χ4v) is 4.55. The van der Waals surface area contributed by atoms with Crippen LogP contribution in [0, 0.1) is 11.8 Å². The monoisotopic (exact) mass is 242 g/mol. The molecule has 0 aromatic carbocycles. The minimum Gasteiger partial charge on any atom is -0.398 e. The first-order valence-corrected chi connectivity index (χ1v) is 7.44. The molecule has 0 saturated heterocycles. The predicted octanol–water partition coefficient (Wildman–Crippen LogP) is 3.01. The van der Waals surface area contributed by atoms with Gasteiger partial charge < -0.3 is 5.73 Å². The van der Waals surface area contributed by atoms with Crippen molar-refractivity contribution in [2.24, 2.45) is 11.8 Å². The maximum absolute atomic E-state index is 6.42. The van der Waals surface area contributed by atoms with Gasteiger partial charge in [0.15, 0.2) is 0 Å². The highest BCUT2D eigenvalue weighted by Crippen LogP contribution is 2.64. The summed E-state index contributed by atoms with van der Waals surface area (Å²) in [4.78, 5) is 5.06. The molecule has 1 heterocycles. The van der Waals surface area contributed by atoms with Crippen LogP contribution in [-0.2, 0) is 24.7 Å². The Morgan fingerprint density at radius 2 is 2.06 bits per heavy atom. The number of hydrogen-bond donors (Lipinski definition) is 1. The van der Waals surface area contributed by atoms with Crippen molar-refractivity contribution in [1.29, 1.82) is 0 Å². The van der Waals surface area contributed by atoms with Crippen LogP contribution in [0.3, 0.4) is 0 Å². The molecule has 2 N–H and O–H groups in total. The summed E-state index contributed by atoms with van der Waals surface area (Å²) in [6.07, 6.45) is 7.37. The summed E-state index contributed by atoms with van der Waals surface area (Å²) < 4.78 is 0. The third-order valence-corrected chi connectivity index (χ3v) is 5.60. The highest BCUT2D eigenvalue weighted by Gasteiger charge is 2.60. The van der Waals surface area contributed by atoms with Crippen LogP contribution in [0.2, 0.25) is 0 Å². The normalized spacial score (nSPS) is 32.1. The van der Waals surface area contributed by atoms with E-state index in [0.717, 1.165) is 30.4 Å². The van der Waals surface area contributed by atoms with Crippen molar-refractivity contribution in [3.05, 3.63) is 22.5 Å². The van der Waals surface area contributed by atoms with Crippen molar-refractivity contribution in [1.82, 2.24) is 4.98 Å². The van der Waals surface area contributed by atoms with E-state index in [2.05, 4.69) is 13.8 Å². The van der Waals surface area contributed by atoms with E-state index in [9.17, 15) is 0 Å². The summed E-state index contributed by atoms with van der Waals surface area (Å²) in [6, 6.07) is 0. The Bertz CT molecular complexity index is 532. The van der Waals surface area contributed by atoms with Crippen LogP contribution >= 0.6 is 0 Å². The Kier molecular flexibility index (Phi) is 1.98. The highest BCUT2D eigenvalue weighted by molar-refractivity contribution is 5.62. The SMILES string of the molecule is CC(C)C1CC12CCc1c2nc2c(c1N)CCC2. The number of fused-ring (bicyclic) bond motifs is 3. The second kappa shape index (κ2) is 3.28. The molecule has 4 rings (SSSR count). The topological polar surface area (TPSA) is 38.9 Å². The molecule has 1 aromatic rings. The molecule has 2 atom stereocenters. The van der Waals surface area contributed by atoms with E-state index >= 15 is 0 Å². The van der Waals surface area contributed by atoms with Crippen LogP contribution in [0.25, 0.3) is 0 Å². The smallest absolute Gasteiger partial charge is 0.0524 e. The van der Waals surface area contributed by atoms with Gasteiger partial charge in [0, 0.05) is 16.8 Å². The third kappa shape index (κ3) is 1.17. The molecule has 1 spiro atoms. The Balaban J connectivity index is 1.85. The van der Waals surface area contributed by atoms with E-state index < -0.39 is 0 Å². The van der Waals surface area contributed by atoms with E-state index in [1.54, 1.807) is 0 Å². The molecule has 96 valence electrons. The van der Waals surface area contributed by atoms with Crippen molar-refractivity contribution in [2.45, 2.75) is 57.8 Å². The molecule has 0 radical (unpaired) electrons. The molecule has 3 aliphatic carbocycles. The number of rotatable bonds is 1. The quantitative estimate of drug-likeness (QED) is 0.822. The fraction of sp³-hybridized carbons (Fsp3) is 0.688. The van der Waals surface area contributed by atoms with Crippen molar-refractivity contribution in [2.75, 3.05) is 5.73 Å². The number of nitrogens with zero attached hydrogens (tertiary/aromatic N) is 1.